The summed E-state index contributed by atoms with van der Waals surface area (Å²) in [4.78, 5) is 0.536. The Hall–Kier alpha value is -2.08. The molecule has 6 nitrogen and oxygen atoms in total. The fourth-order valence-corrected chi connectivity index (χ4v) is 1.98. The molecule has 7 heteroatoms. The SMILES string of the molecule is CCOc1ccc2c(c1)n1ncc(Cl)c1n[n+]2[O-]. The van der Waals surface area contributed by atoms with Gasteiger partial charge >= 0.3 is 0 Å². The second kappa shape index (κ2) is 3.99. The molecule has 18 heavy (non-hydrogen) atoms. The Bertz CT molecular complexity index is 741. The van der Waals surface area contributed by atoms with Crippen LogP contribution in [-0.2, 0) is 0 Å². The van der Waals surface area contributed by atoms with Gasteiger partial charge in [-0.05, 0) is 17.8 Å². The van der Waals surface area contributed by atoms with Gasteiger partial charge in [-0.2, -0.15) is 5.10 Å². The maximum Gasteiger partial charge on any atom is 0.270 e. The summed E-state index contributed by atoms with van der Waals surface area (Å²) >= 11 is 5.92. The van der Waals surface area contributed by atoms with Crippen molar-refractivity contribution in [1.29, 1.82) is 0 Å². The Morgan fingerprint density at radius 2 is 2.33 bits per heavy atom. The average molecular weight is 265 g/mol. The summed E-state index contributed by atoms with van der Waals surface area (Å²) in [6.45, 7) is 2.45. The number of nitrogens with zero attached hydrogens (tertiary/aromatic N) is 4. The van der Waals surface area contributed by atoms with E-state index in [1.807, 2.05) is 6.92 Å². The molecule has 0 radical (unpaired) electrons. The van der Waals surface area contributed by atoms with E-state index in [1.165, 1.54) is 10.7 Å². The minimum absolute atomic E-state index is 0.327. The van der Waals surface area contributed by atoms with Crippen molar-refractivity contribution in [2.75, 3.05) is 6.61 Å². The lowest BCUT2D eigenvalue weighted by Crippen LogP contribution is -2.33. The molecule has 0 unspecified atom stereocenters. The fraction of sp³-hybridized carbons (Fsp3) is 0.182. The highest BCUT2D eigenvalue weighted by Crippen LogP contribution is 2.21. The lowest BCUT2D eigenvalue weighted by molar-refractivity contribution is -0.640. The molecule has 0 saturated heterocycles. The lowest BCUT2D eigenvalue weighted by Gasteiger charge is -2.05. The predicted octanol–water partition coefficient (Wildman–Crippen LogP) is 1.57. The van der Waals surface area contributed by atoms with Crippen molar-refractivity contribution in [1.82, 2.24) is 14.7 Å². The third-order valence-electron chi connectivity index (χ3n) is 2.58. The molecule has 0 bridgehead atoms. The molecular formula is C11H9ClN4O2. The van der Waals surface area contributed by atoms with Gasteiger partial charge in [0.05, 0.1) is 12.8 Å². The Labute approximate surface area is 107 Å². The number of benzene rings is 1. The first-order chi connectivity index (χ1) is 8.70. The van der Waals surface area contributed by atoms with Crippen LogP contribution in [0.5, 0.6) is 5.75 Å². The first kappa shape index (κ1) is 11.0. The maximum atomic E-state index is 11.8. The summed E-state index contributed by atoms with van der Waals surface area (Å²) in [7, 11) is 0. The van der Waals surface area contributed by atoms with Crippen LogP contribution < -0.4 is 9.58 Å². The molecule has 0 aliphatic heterocycles. The predicted molar refractivity (Wildman–Crippen MR) is 65.6 cm³/mol. The topological polar surface area (TPSA) is 66.4 Å². The first-order valence-electron chi connectivity index (χ1n) is 5.40. The molecule has 2 aromatic heterocycles. The average Bonchev–Trinajstić information content (AvgIpc) is 2.72. The largest absolute Gasteiger partial charge is 0.594 e. The number of hydrogen-bond acceptors (Lipinski definition) is 4. The van der Waals surface area contributed by atoms with E-state index in [0.717, 1.165) is 0 Å². The van der Waals surface area contributed by atoms with Gasteiger partial charge in [-0.15, -0.1) is 0 Å². The van der Waals surface area contributed by atoms with E-state index in [-0.39, 0.29) is 0 Å². The van der Waals surface area contributed by atoms with Crippen molar-refractivity contribution in [3.05, 3.63) is 34.6 Å². The van der Waals surface area contributed by atoms with Gasteiger partial charge in [0, 0.05) is 17.2 Å². The van der Waals surface area contributed by atoms with E-state index in [1.54, 1.807) is 18.2 Å². The lowest BCUT2D eigenvalue weighted by atomic mass is 10.3. The molecule has 0 spiro atoms. The molecule has 2 heterocycles. The fourth-order valence-electron chi connectivity index (χ4n) is 1.82. The van der Waals surface area contributed by atoms with E-state index in [2.05, 4.69) is 10.2 Å². The zero-order valence-electron chi connectivity index (χ0n) is 9.50. The number of halogens is 1. The zero-order chi connectivity index (χ0) is 12.7. The molecule has 0 aliphatic carbocycles. The van der Waals surface area contributed by atoms with Gasteiger partial charge in [0.1, 0.15) is 16.3 Å². The van der Waals surface area contributed by atoms with E-state index >= 15 is 0 Å². The highest BCUT2D eigenvalue weighted by Gasteiger charge is 2.15. The summed E-state index contributed by atoms with van der Waals surface area (Å²) in [5.41, 5.74) is 1.34. The second-order valence-corrected chi connectivity index (χ2v) is 4.09. The summed E-state index contributed by atoms with van der Waals surface area (Å²) in [5, 5.41) is 20.0. The van der Waals surface area contributed by atoms with Gasteiger partial charge in [-0.25, -0.2) is 4.52 Å². The first-order valence-corrected chi connectivity index (χ1v) is 5.78. The highest BCUT2D eigenvalue weighted by atomic mass is 35.5. The summed E-state index contributed by atoms with van der Waals surface area (Å²) < 4.78 is 6.93. The van der Waals surface area contributed by atoms with E-state index in [9.17, 15) is 5.21 Å². The number of rotatable bonds is 2. The van der Waals surface area contributed by atoms with Crippen LogP contribution in [0.4, 0.5) is 0 Å². The van der Waals surface area contributed by atoms with Crippen LogP contribution in [0.1, 0.15) is 6.92 Å². The van der Waals surface area contributed by atoms with Gasteiger partial charge in [-0.3, -0.25) is 0 Å². The van der Waals surface area contributed by atoms with Gasteiger partial charge in [-0.1, -0.05) is 11.6 Å². The van der Waals surface area contributed by atoms with Crippen molar-refractivity contribution in [3.63, 3.8) is 0 Å². The van der Waals surface area contributed by atoms with Crippen LogP contribution in [0, 0.1) is 5.21 Å². The highest BCUT2D eigenvalue weighted by molar-refractivity contribution is 6.33. The third kappa shape index (κ3) is 1.53. The smallest absolute Gasteiger partial charge is 0.270 e. The molecular weight excluding hydrogens is 256 g/mol. The number of hydrogen-bond donors (Lipinski definition) is 0. The molecule has 0 amide bonds. The monoisotopic (exact) mass is 264 g/mol. The van der Waals surface area contributed by atoms with Crippen LogP contribution in [0.25, 0.3) is 16.7 Å². The van der Waals surface area contributed by atoms with Crippen molar-refractivity contribution in [2.24, 2.45) is 0 Å². The molecule has 0 saturated carbocycles. The molecule has 0 aliphatic rings. The Balaban J connectivity index is 2.40. The molecule has 92 valence electrons. The zero-order valence-corrected chi connectivity index (χ0v) is 10.3. The standard InChI is InChI=1S/C11H9ClN4O2/c1-2-18-7-3-4-9-10(5-7)15-11(14-16(9)17)8(12)6-13-15/h3-6H,2H2,1H3. The molecule has 3 rings (SSSR count). The van der Waals surface area contributed by atoms with Crippen LogP contribution >= 0.6 is 11.6 Å². The molecule has 0 N–H and O–H groups in total. The number of ether oxygens (including phenoxy) is 1. The quantitative estimate of drug-likeness (QED) is 0.520. The second-order valence-electron chi connectivity index (χ2n) is 3.68. The summed E-state index contributed by atoms with van der Waals surface area (Å²) in [5.74, 6) is 0.670. The maximum absolute atomic E-state index is 11.8. The van der Waals surface area contributed by atoms with E-state index in [0.29, 0.717) is 38.9 Å². The summed E-state index contributed by atoms with van der Waals surface area (Å²) in [6, 6.07) is 5.11. The van der Waals surface area contributed by atoms with E-state index in [4.69, 9.17) is 16.3 Å². The van der Waals surface area contributed by atoms with E-state index < -0.39 is 0 Å². The Kier molecular flexibility index (Phi) is 2.45. The third-order valence-corrected chi connectivity index (χ3v) is 2.85. The molecule has 3 aromatic rings. The van der Waals surface area contributed by atoms with Crippen LogP contribution in [0.3, 0.4) is 0 Å². The number of fused-ring (bicyclic) bond motifs is 3. The van der Waals surface area contributed by atoms with Crippen molar-refractivity contribution >= 4 is 28.3 Å². The molecule has 1 aromatic carbocycles. The number of aromatic nitrogens is 4. The van der Waals surface area contributed by atoms with Crippen molar-refractivity contribution < 1.29 is 9.58 Å². The van der Waals surface area contributed by atoms with Gasteiger partial charge in [0.15, 0.2) is 0 Å². The van der Waals surface area contributed by atoms with Gasteiger partial charge in [0.25, 0.3) is 5.52 Å². The van der Waals surface area contributed by atoms with Crippen LogP contribution in [-0.4, -0.2) is 21.3 Å². The van der Waals surface area contributed by atoms with Gasteiger partial charge < -0.3 is 9.94 Å². The van der Waals surface area contributed by atoms with Crippen molar-refractivity contribution in [3.8, 4) is 5.75 Å². The minimum Gasteiger partial charge on any atom is -0.594 e. The minimum atomic E-state index is 0.327. The van der Waals surface area contributed by atoms with Gasteiger partial charge in [0.2, 0.25) is 5.65 Å². The Morgan fingerprint density at radius 3 is 3.11 bits per heavy atom. The van der Waals surface area contributed by atoms with Crippen LogP contribution in [0.2, 0.25) is 5.02 Å². The van der Waals surface area contributed by atoms with Crippen LogP contribution in [0.15, 0.2) is 24.4 Å². The normalized spacial score (nSPS) is 11.2. The molecule has 0 atom stereocenters. The molecule has 0 fully saturated rings. The van der Waals surface area contributed by atoms with Crippen molar-refractivity contribution in [2.45, 2.75) is 6.92 Å². The summed E-state index contributed by atoms with van der Waals surface area (Å²) in [6.07, 6.45) is 1.46. The Morgan fingerprint density at radius 1 is 1.50 bits per heavy atom.